The summed E-state index contributed by atoms with van der Waals surface area (Å²) in [5.74, 6) is 0.984. The molecule has 1 aliphatic rings. The third-order valence-corrected chi connectivity index (χ3v) is 4.83. The lowest BCUT2D eigenvalue weighted by Gasteiger charge is -2.17. The van der Waals surface area contributed by atoms with Crippen LogP contribution in [0.3, 0.4) is 0 Å². The fourth-order valence-electron chi connectivity index (χ4n) is 2.98. The van der Waals surface area contributed by atoms with Gasteiger partial charge in [0.1, 0.15) is 0 Å². The van der Waals surface area contributed by atoms with Crippen LogP contribution in [0.15, 0.2) is 53.1 Å². The monoisotopic (exact) mass is 353 g/mol. The van der Waals surface area contributed by atoms with E-state index >= 15 is 0 Å². The van der Waals surface area contributed by atoms with Gasteiger partial charge in [-0.1, -0.05) is 41.0 Å². The number of halogens is 1. The first-order valence-electron chi connectivity index (χ1n) is 8.07. The van der Waals surface area contributed by atoms with Gasteiger partial charge in [0.25, 0.3) is 5.89 Å². The zero-order valence-electron chi connectivity index (χ0n) is 13.6. The lowest BCUT2D eigenvalue weighted by molar-refractivity contribution is -0.117. The molecular weight excluding hydrogens is 338 g/mol. The van der Waals surface area contributed by atoms with Crippen LogP contribution in [0.25, 0.3) is 11.5 Å². The first-order chi connectivity index (χ1) is 12.1. The maximum atomic E-state index is 12.4. The molecular formula is C19H16ClN3O2. The van der Waals surface area contributed by atoms with Crippen molar-refractivity contribution in [2.45, 2.75) is 19.3 Å². The van der Waals surface area contributed by atoms with Gasteiger partial charge in [-0.15, -0.1) is 0 Å². The number of hydrogen-bond acceptors (Lipinski definition) is 4. The largest absolute Gasteiger partial charge is 0.334 e. The predicted molar refractivity (Wildman–Crippen MR) is 95.6 cm³/mol. The molecule has 1 saturated heterocycles. The lowest BCUT2D eigenvalue weighted by atomic mass is 10.1. The molecule has 1 aromatic heterocycles. The van der Waals surface area contributed by atoms with Crippen molar-refractivity contribution in [3.63, 3.8) is 0 Å². The average molecular weight is 354 g/mol. The van der Waals surface area contributed by atoms with Crippen molar-refractivity contribution < 1.29 is 9.32 Å². The third kappa shape index (κ3) is 3.03. The van der Waals surface area contributed by atoms with E-state index in [2.05, 4.69) is 10.1 Å². The molecule has 1 fully saturated rings. The Morgan fingerprint density at radius 2 is 2.00 bits per heavy atom. The molecule has 126 valence electrons. The van der Waals surface area contributed by atoms with Crippen molar-refractivity contribution in [2.24, 2.45) is 0 Å². The molecule has 4 rings (SSSR count). The number of nitrogens with zero attached hydrogens (tertiary/aromatic N) is 3. The topological polar surface area (TPSA) is 59.2 Å². The summed E-state index contributed by atoms with van der Waals surface area (Å²) in [6.45, 7) is 2.46. The van der Waals surface area contributed by atoms with E-state index in [4.69, 9.17) is 16.1 Å². The number of aryl methyl sites for hydroxylation is 1. The highest BCUT2D eigenvalue weighted by Gasteiger charge is 2.34. The molecule has 0 saturated carbocycles. The van der Waals surface area contributed by atoms with E-state index in [1.165, 1.54) is 0 Å². The highest BCUT2D eigenvalue weighted by atomic mass is 35.5. The SMILES string of the molecule is Cc1ccc(N2CC(c3noc(-c4ccccc4)n3)CC2=O)cc1Cl. The van der Waals surface area contributed by atoms with Crippen molar-refractivity contribution >= 4 is 23.2 Å². The molecule has 0 radical (unpaired) electrons. The van der Waals surface area contributed by atoms with E-state index < -0.39 is 0 Å². The van der Waals surface area contributed by atoms with Gasteiger partial charge < -0.3 is 9.42 Å². The van der Waals surface area contributed by atoms with Gasteiger partial charge in [0.2, 0.25) is 5.91 Å². The van der Waals surface area contributed by atoms with Crippen molar-refractivity contribution in [3.8, 4) is 11.5 Å². The summed E-state index contributed by atoms with van der Waals surface area (Å²) in [5, 5.41) is 4.73. The van der Waals surface area contributed by atoms with Crippen LogP contribution in [-0.4, -0.2) is 22.6 Å². The van der Waals surface area contributed by atoms with Gasteiger partial charge in [0.05, 0.1) is 0 Å². The summed E-state index contributed by atoms with van der Waals surface area (Å²) >= 11 is 6.19. The van der Waals surface area contributed by atoms with E-state index in [0.29, 0.717) is 29.7 Å². The fraction of sp³-hybridized carbons (Fsp3) is 0.211. The van der Waals surface area contributed by atoms with Crippen LogP contribution >= 0.6 is 11.6 Å². The Bertz CT molecular complexity index is 923. The first kappa shape index (κ1) is 15.8. The minimum Gasteiger partial charge on any atom is -0.334 e. The molecule has 0 bridgehead atoms. The summed E-state index contributed by atoms with van der Waals surface area (Å²) < 4.78 is 5.36. The number of anilines is 1. The molecule has 1 unspecified atom stereocenters. The summed E-state index contributed by atoms with van der Waals surface area (Å²) in [7, 11) is 0. The van der Waals surface area contributed by atoms with E-state index in [-0.39, 0.29) is 11.8 Å². The summed E-state index contributed by atoms with van der Waals surface area (Å²) in [6.07, 6.45) is 0.360. The minimum atomic E-state index is -0.0891. The quantitative estimate of drug-likeness (QED) is 0.707. The number of benzene rings is 2. The Kier molecular flexibility index (Phi) is 4.01. The average Bonchev–Trinajstić information content (AvgIpc) is 3.25. The molecule has 1 aliphatic heterocycles. The summed E-state index contributed by atoms with van der Waals surface area (Å²) in [6, 6.07) is 15.2. The van der Waals surface area contributed by atoms with E-state index in [9.17, 15) is 4.79 Å². The van der Waals surface area contributed by atoms with Crippen molar-refractivity contribution in [3.05, 3.63) is 64.9 Å². The Balaban J connectivity index is 1.56. The van der Waals surface area contributed by atoms with Crippen molar-refractivity contribution in [1.29, 1.82) is 0 Å². The smallest absolute Gasteiger partial charge is 0.257 e. The number of aromatic nitrogens is 2. The van der Waals surface area contributed by atoms with Crippen LogP contribution in [-0.2, 0) is 4.79 Å². The maximum Gasteiger partial charge on any atom is 0.257 e. The second kappa shape index (κ2) is 6.33. The van der Waals surface area contributed by atoms with Crippen LogP contribution in [0.1, 0.15) is 23.7 Å². The highest BCUT2D eigenvalue weighted by molar-refractivity contribution is 6.31. The van der Waals surface area contributed by atoms with Gasteiger partial charge in [-0.3, -0.25) is 4.79 Å². The first-order valence-corrected chi connectivity index (χ1v) is 8.45. The highest BCUT2D eigenvalue weighted by Crippen LogP contribution is 2.33. The van der Waals surface area contributed by atoms with E-state index in [1.807, 2.05) is 55.5 Å². The van der Waals surface area contributed by atoms with Gasteiger partial charge in [-0.05, 0) is 36.8 Å². The number of carbonyl (C=O) groups is 1. The van der Waals surface area contributed by atoms with Gasteiger partial charge in [0.15, 0.2) is 5.82 Å². The number of carbonyl (C=O) groups excluding carboxylic acids is 1. The van der Waals surface area contributed by atoms with Crippen LogP contribution in [0.2, 0.25) is 5.02 Å². The van der Waals surface area contributed by atoms with Gasteiger partial charge in [-0.25, -0.2) is 0 Å². The van der Waals surface area contributed by atoms with E-state index in [0.717, 1.165) is 16.8 Å². The number of hydrogen-bond donors (Lipinski definition) is 0. The fourth-order valence-corrected chi connectivity index (χ4v) is 3.15. The molecule has 0 spiro atoms. The molecule has 25 heavy (non-hydrogen) atoms. The van der Waals surface area contributed by atoms with Crippen LogP contribution in [0.4, 0.5) is 5.69 Å². The maximum absolute atomic E-state index is 12.4. The second-order valence-electron chi connectivity index (χ2n) is 6.16. The van der Waals surface area contributed by atoms with Crippen molar-refractivity contribution in [2.75, 3.05) is 11.4 Å². The van der Waals surface area contributed by atoms with Crippen molar-refractivity contribution in [1.82, 2.24) is 10.1 Å². The molecule has 2 aromatic carbocycles. The minimum absolute atomic E-state index is 0.0379. The Morgan fingerprint density at radius 3 is 2.76 bits per heavy atom. The number of amides is 1. The molecule has 6 heteroatoms. The molecule has 1 amide bonds. The summed E-state index contributed by atoms with van der Waals surface area (Å²) in [4.78, 5) is 18.6. The molecule has 1 atom stereocenters. The molecule has 3 aromatic rings. The lowest BCUT2D eigenvalue weighted by Crippen LogP contribution is -2.24. The molecule has 5 nitrogen and oxygen atoms in total. The Morgan fingerprint density at radius 1 is 1.20 bits per heavy atom. The standard InChI is InChI=1S/C19H16ClN3O2/c1-12-7-8-15(10-16(12)20)23-11-14(9-17(23)24)18-21-19(25-22-18)13-5-3-2-4-6-13/h2-8,10,14H,9,11H2,1H3. The third-order valence-electron chi connectivity index (χ3n) is 4.42. The zero-order valence-corrected chi connectivity index (χ0v) is 14.4. The zero-order chi connectivity index (χ0) is 17.4. The Hall–Kier alpha value is -2.66. The van der Waals surface area contributed by atoms with Crippen LogP contribution < -0.4 is 4.90 Å². The number of rotatable bonds is 3. The second-order valence-corrected chi connectivity index (χ2v) is 6.57. The van der Waals surface area contributed by atoms with Gasteiger partial charge in [0, 0.05) is 35.2 Å². The summed E-state index contributed by atoms with van der Waals surface area (Å²) in [5.41, 5.74) is 2.65. The predicted octanol–water partition coefficient (Wildman–Crippen LogP) is 4.22. The van der Waals surface area contributed by atoms with Crippen LogP contribution in [0, 0.1) is 6.92 Å². The molecule has 0 aliphatic carbocycles. The normalized spacial score (nSPS) is 17.3. The van der Waals surface area contributed by atoms with Gasteiger partial charge in [-0.2, -0.15) is 4.98 Å². The van der Waals surface area contributed by atoms with E-state index in [1.54, 1.807) is 4.90 Å². The molecule has 0 N–H and O–H groups in total. The Labute approximate surface area is 150 Å². The molecule has 2 heterocycles. The van der Waals surface area contributed by atoms with Crippen LogP contribution in [0.5, 0.6) is 0 Å². The van der Waals surface area contributed by atoms with Gasteiger partial charge >= 0.3 is 0 Å².